The predicted molar refractivity (Wildman–Crippen MR) is 133 cm³/mol. The number of ketones is 1. The van der Waals surface area contributed by atoms with Gasteiger partial charge in [0.2, 0.25) is 5.91 Å². The van der Waals surface area contributed by atoms with Gasteiger partial charge in [-0.2, -0.15) is 0 Å². The molecular formula is C28H35N3O2. The Balaban J connectivity index is 1.47. The zero-order valence-electron chi connectivity index (χ0n) is 19.8. The quantitative estimate of drug-likeness (QED) is 0.477. The number of aromatic nitrogens is 1. The number of fused-ring (bicyclic) bond motifs is 1. The minimum absolute atomic E-state index is 0.277. The molecule has 1 fully saturated rings. The summed E-state index contributed by atoms with van der Waals surface area (Å²) in [5.74, 6) is 0.633. The molecule has 5 heteroatoms. The van der Waals surface area contributed by atoms with Gasteiger partial charge in [0.05, 0.1) is 5.52 Å². The van der Waals surface area contributed by atoms with Crippen LogP contribution in [0, 0.1) is 11.8 Å². The summed E-state index contributed by atoms with van der Waals surface area (Å²) in [4.78, 5) is 33.2. The Labute approximate surface area is 196 Å². The van der Waals surface area contributed by atoms with Crippen molar-refractivity contribution < 1.29 is 9.59 Å². The number of carbonyl (C=O) groups excluding carboxylic acids is 2. The van der Waals surface area contributed by atoms with Gasteiger partial charge in [-0.3, -0.25) is 14.6 Å². The van der Waals surface area contributed by atoms with Crippen molar-refractivity contribution in [2.45, 2.75) is 51.4 Å². The van der Waals surface area contributed by atoms with Gasteiger partial charge in [0, 0.05) is 24.7 Å². The number of piperidine rings is 1. The minimum Gasteiger partial charge on any atom is -0.368 e. The smallest absolute Gasteiger partial charge is 0.240 e. The Morgan fingerprint density at radius 2 is 1.91 bits per heavy atom. The first kappa shape index (κ1) is 23.4. The number of nitrogens with zero attached hydrogens (tertiary/aromatic N) is 2. The Morgan fingerprint density at radius 1 is 1.15 bits per heavy atom. The minimum atomic E-state index is -1.47. The lowest BCUT2D eigenvalue weighted by molar-refractivity contribution is -0.130. The van der Waals surface area contributed by atoms with Crippen molar-refractivity contribution in [2.24, 2.45) is 17.6 Å². The third kappa shape index (κ3) is 4.79. The van der Waals surface area contributed by atoms with E-state index >= 15 is 0 Å². The number of hydrogen-bond donors (Lipinski definition) is 1. The molecule has 1 aromatic heterocycles. The van der Waals surface area contributed by atoms with Crippen LogP contribution in [0.4, 0.5) is 0 Å². The van der Waals surface area contributed by atoms with E-state index in [0.29, 0.717) is 12.0 Å². The molecule has 174 valence electrons. The summed E-state index contributed by atoms with van der Waals surface area (Å²) in [7, 11) is 0. The third-order valence-electron chi connectivity index (χ3n) is 7.15. The van der Waals surface area contributed by atoms with E-state index in [4.69, 9.17) is 5.73 Å². The fourth-order valence-corrected chi connectivity index (χ4v) is 5.76. The van der Waals surface area contributed by atoms with Crippen molar-refractivity contribution >= 4 is 22.6 Å². The van der Waals surface area contributed by atoms with E-state index in [1.807, 2.05) is 36.4 Å². The van der Waals surface area contributed by atoms with E-state index in [0.717, 1.165) is 54.1 Å². The Hall–Kier alpha value is -2.79. The van der Waals surface area contributed by atoms with E-state index in [9.17, 15) is 9.59 Å². The van der Waals surface area contributed by atoms with Crippen LogP contribution in [0.1, 0.15) is 51.5 Å². The highest BCUT2D eigenvalue weighted by atomic mass is 16.2. The average Bonchev–Trinajstić information content (AvgIpc) is 2.78. The standard InChI is InChI=1S/C28H35N3O2/c1-20-15-21(2)19-31(18-20)14-7-3-4-10-23-11-8-13-26(32)28(23,27(29)33)24-16-22-9-5-6-12-25(22)30-17-24/h5-6,8-9,11-13,16-17,20-21H,3-4,7,10,14-15,18-19H2,1-2H3,(H2,29,33). The van der Waals surface area contributed by atoms with Crippen molar-refractivity contribution in [3.63, 3.8) is 0 Å². The highest BCUT2D eigenvalue weighted by Crippen LogP contribution is 2.39. The fraction of sp³-hybridized carbons (Fsp3) is 0.464. The summed E-state index contributed by atoms with van der Waals surface area (Å²) >= 11 is 0. The van der Waals surface area contributed by atoms with Crippen LogP contribution in [0.2, 0.25) is 0 Å². The number of allylic oxidation sites excluding steroid dienone is 3. The first-order valence-corrected chi connectivity index (χ1v) is 12.2. The number of hydrogen-bond acceptors (Lipinski definition) is 4. The van der Waals surface area contributed by atoms with Crippen LogP contribution in [0.15, 0.2) is 60.3 Å². The molecule has 1 aromatic carbocycles. The number of likely N-dealkylation sites (tertiary alicyclic amines) is 1. The molecule has 0 spiro atoms. The van der Waals surface area contributed by atoms with E-state index in [-0.39, 0.29) is 5.78 Å². The highest BCUT2D eigenvalue weighted by molar-refractivity contribution is 6.19. The van der Waals surface area contributed by atoms with Crippen LogP contribution in [0.5, 0.6) is 0 Å². The zero-order valence-corrected chi connectivity index (χ0v) is 19.8. The van der Waals surface area contributed by atoms with E-state index in [2.05, 4.69) is 23.7 Å². The van der Waals surface area contributed by atoms with Crippen molar-refractivity contribution in [1.29, 1.82) is 0 Å². The van der Waals surface area contributed by atoms with Crippen LogP contribution < -0.4 is 5.73 Å². The van der Waals surface area contributed by atoms with Crippen molar-refractivity contribution in [1.82, 2.24) is 9.88 Å². The van der Waals surface area contributed by atoms with Crippen molar-refractivity contribution in [3.8, 4) is 0 Å². The zero-order chi connectivity index (χ0) is 23.4. The summed E-state index contributed by atoms with van der Waals surface area (Å²) in [6.45, 7) is 8.17. The molecule has 2 aliphatic rings. The molecule has 0 radical (unpaired) electrons. The summed E-state index contributed by atoms with van der Waals surface area (Å²) in [6.07, 6.45) is 11.8. The van der Waals surface area contributed by atoms with E-state index < -0.39 is 11.3 Å². The molecule has 1 aliphatic heterocycles. The maximum absolute atomic E-state index is 13.2. The molecule has 33 heavy (non-hydrogen) atoms. The number of rotatable bonds is 8. The summed E-state index contributed by atoms with van der Waals surface area (Å²) in [5, 5.41) is 0.891. The number of unbranched alkanes of at least 4 members (excludes halogenated alkanes) is 2. The van der Waals surface area contributed by atoms with Gasteiger partial charge >= 0.3 is 0 Å². The largest absolute Gasteiger partial charge is 0.368 e. The molecule has 1 aliphatic carbocycles. The number of amides is 1. The van der Waals surface area contributed by atoms with Crippen LogP contribution >= 0.6 is 0 Å². The van der Waals surface area contributed by atoms with Gasteiger partial charge in [0.1, 0.15) is 0 Å². The third-order valence-corrected chi connectivity index (χ3v) is 7.15. The molecule has 0 bridgehead atoms. The monoisotopic (exact) mass is 445 g/mol. The molecule has 1 saturated heterocycles. The molecular weight excluding hydrogens is 410 g/mol. The molecule has 0 saturated carbocycles. The molecule has 2 aromatic rings. The summed E-state index contributed by atoms with van der Waals surface area (Å²) in [5.41, 5.74) is 6.64. The lowest BCUT2D eigenvalue weighted by atomic mass is 9.67. The van der Waals surface area contributed by atoms with Crippen LogP contribution in [-0.4, -0.2) is 41.2 Å². The molecule has 3 atom stereocenters. The maximum Gasteiger partial charge on any atom is 0.240 e. The molecule has 5 nitrogen and oxygen atoms in total. The van der Waals surface area contributed by atoms with Crippen molar-refractivity contribution in [3.05, 3.63) is 65.9 Å². The highest BCUT2D eigenvalue weighted by Gasteiger charge is 2.48. The van der Waals surface area contributed by atoms with Crippen molar-refractivity contribution in [2.75, 3.05) is 19.6 Å². The number of benzene rings is 1. The average molecular weight is 446 g/mol. The first-order chi connectivity index (χ1) is 15.9. The van der Waals surface area contributed by atoms with E-state index in [1.165, 1.54) is 25.6 Å². The SMILES string of the molecule is CC1CC(C)CN(CCCCCC2=CC=CC(=O)C2(C(N)=O)c2cnc3ccccc3c2)C1. The number of nitrogens with two attached hydrogens (primary N) is 1. The van der Waals surface area contributed by atoms with Crippen LogP contribution in [0.3, 0.4) is 0 Å². The van der Waals surface area contributed by atoms with Crippen LogP contribution in [-0.2, 0) is 15.0 Å². The number of pyridine rings is 1. The van der Waals surface area contributed by atoms with Gasteiger partial charge in [-0.1, -0.05) is 50.6 Å². The lowest BCUT2D eigenvalue weighted by Gasteiger charge is -2.35. The number of primary amides is 1. The Bertz CT molecular complexity index is 1080. The number of para-hydroxylation sites is 1. The molecule has 3 unspecified atom stereocenters. The van der Waals surface area contributed by atoms with E-state index in [1.54, 1.807) is 12.3 Å². The van der Waals surface area contributed by atoms with Crippen LogP contribution in [0.25, 0.3) is 10.9 Å². The predicted octanol–water partition coefficient (Wildman–Crippen LogP) is 4.56. The van der Waals surface area contributed by atoms with Gasteiger partial charge in [-0.05, 0) is 73.4 Å². The summed E-state index contributed by atoms with van der Waals surface area (Å²) < 4.78 is 0. The Morgan fingerprint density at radius 3 is 2.67 bits per heavy atom. The molecule has 2 N–H and O–H groups in total. The normalized spacial score (nSPS) is 25.9. The Kier molecular flexibility index (Phi) is 7.08. The maximum atomic E-state index is 13.2. The second-order valence-electron chi connectivity index (χ2n) is 9.96. The van der Waals surface area contributed by atoms with Gasteiger partial charge in [0.15, 0.2) is 11.2 Å². The number of carbonyl (C=O) groups is 2. The first-order valence-electron chi connectivity index (χ1n) is 12.2. The van der Waals surface area contributed by atoms with Gasteiger partial charge < -0.3 is 10.6 Å². The second-order valence-corrected chi connectivity index (χ2v) is 9.96. The fourth-order valence-electron chi connectivity index (χ4n) is 5.76. The second kappa shape index (κ2) is 10.0. The topological polar surface area (TPSA) is 76.3 Å². The molecule has 4 rings (SSSR count). The van der Waals surface area contributed by atoms with Gasteiger partial charge in [-0.15, -0.1) is 0 Å². The lowest BCUT2D eigenvalue weighted by Crippen LogP contribution is -2.49. The van der Waals surface area contributed by atoms with Gasteiger partial charge in [0.25, 0.3) is 0 Å². The van der Waals surface area contributed by atoms with Gasteiger partial charge in [-0.25, -0.2) is 0 Å². The molecule has 2 heterocycles. The summed E-state index contributed by atoms with van der Waals surface area (Å²) in [6, 6.07) is 9.59. The molecule has 1 amide bonds.